The molecule has 0 bridgehead atoms. The molecule has 0 amide bonds. The predicted molar refractivity (Wildman–Crippen MR) is 559 cm³/mol. The number of imidazole rings is 4. The summed E-state index contributed by atoms with van der Waals surface area (Å²) in [7, 11) is 0. The van der Waals surface area contributed by atoms with Crippen molar-refractivity contribution in [2.75, 3.05) is 0 Å². The Morgan fingerprint density at radius 3 is 0.893 bits per heavy atom. The molecule has 16 heterocycles. The summed E-state index contributed by atoms with van der Waals surface area (Å²) in [5, 5.41) is 14.3. The van der Waals surface area contributed by atoms with Crippen LogP contribution in [0.15, 0.2) is 341 Å². The first kappa shape index (κ1) is 75.1. The smallest absolute Gasteiger partial charge is 0.166 e. The van der Waals surface area contributed by atoms with E-state index in [2.05, 4.69) is 251 Å². The van der Waals surface area contributed by atoms with Crippen LogP contribution in [-0.4, -0.2) is 77.4 Å². The summed E-state index contributed by atoms with van der Waals surface area (Å²) >= 11 is 0. The van der Waals surface area contributed by atoms with Crippen LogP contribution in [0, 0.1) is 0 Å². The molecule has 28 aromatic rings. The van der Waals surface area contributed by atoms with Crippen LogP contribution in [0.25, 0.3) is 243 Å². The van der Waals surface area contributed by atoms with E-state index in [4.69, 9.17) is 44.9 Å². The molecule has 16 aromatic heterocycles. The Balaban J connectivity index is 0.0000000829. The van der Waals surface area contributed by atoms with Crippen LogP contribution in [0.4, 0.5) is 0 Å². The van der Waals surface area contributed by atoms with E-state index in [-0.39, 0.29) is 0 Å². The number of fused-ring (bicyclic) bond motifs is 63. The summed E-state index contributed by atoms with van der Waals surface area (Å²) in [4.78, 5) is 58.2. The van der Waals surface area contributed by atoms with E-state index >= 15 is 0 Å². The number of benzene rings is 12. The zero-order valence-corrected chi connectivity index (χ0v) is 75.1. The number of nitrogens with zero attached hydrogens (tertiary/aromatic N) is 16. The quantitative estimate of drug-likeness (QED) is 0.132. The lowest BCUT2D eigenvalue weighted by atomic mass is 9.93. The zero-order chi connectivity index (χ0) is 90.7. The molecule has 12 aromatic carbocycles. The molecule has 16 nitrogen and oxygen atoms in total. The van der Waals surface area contributed by atoms with Crippen molar-refractivity contribution in [2.45, 2.75) is 51.4 Å². The average Bonchev–Trinajstić information content (AvgIpc) is 1.55. The maximum absolute atomic E-state index is 5.10. The van der Waals surface area contributed by atoms with Crippen molar-refractivity contribution < 1.29 is 0 Å². The van der Waals surface area contributed by atoms with Crippen molar-refractivity contribution in [3.63, 3.8) is 0 Å². The topological polar surface area (TPSA) is 172 Å². The molecule has 0 unspecified atom stereocenters. The first-order valence-corrected chi connectivity index (χ1v) is 48.2. The fraction of sp³-hybridized carbons (Fsp3) is 0.0645. The van der Waals surface area contributed by atoms with Crippen molar-refractivity contribution in [1.29, 1.82) is 0 Å². The van der Waals surface area contributed by atoms with Crippen LogP contribution in [-0.2, 0) is 51.4 Å². The molecule has 0 spiro atoms. The SMILES string of the molecule is c1ccc2c(c1)Cc1c-2ccc2c1-c1ccc3c4cccnc4n4c5ncccc5nc4c3c1C2.c1ccc2c(c1)Cc1c-2ccc2c1Cc1c-2ccc2c3cccnc3n3c4ncccc4nc3c12.c1ccc2c(c1)Cc1cc3c(cc1-2)-c1ccc2c4cccnc4n4c5ncccc5nc4c2c1C3.c1ccc2c(c1)Cc1ccc3c(c1-2)-c1ccc2c4cccnc4n4c5ncccc5nc4c2c1C3. The van der Waals surface area contributed by atoms with Crippen LogP contribution in [0.1, 0.15) is 89.0 Å². The monoisotopic (exact) mass is 1780 g/mol. The Bertz CT molecular complexity index is 10700. The summed E-state index contributed by atoms with van der Waals surface area (Å²) in [5.41, 5.74) is 59.2. The number of hydrogen-bond donors (Lipinski definition) is 0. The zero-order valence-electron chi connectivity index (χ0n) is 75.1. The highest BCUT2D eigenvalue weighted by atomic mass is 15.1. The molecule has 0 saturated heterocycles. The van der Waals surface area contributed by atoms with Gasteiger partial charge in [0, 0.05) is 92.7 Å². The standard InChI is InChI=1S/4C31H18N4/c1-2-6-19-17(5-1)15-24-20(19)10-9-18-16-25-22(27(18)24)12-11-21-23-7-3-13-32-29(23)35-30-26(8-4-14-33-30)34-31(35)28(21)25;1-2-6-20-17(5-1)15-18-9-10-19-16-24-22(27(19)26(18)20)12-11-21-23-7-3-13-32-29(23)35-30-25(8-4-14-33-30)34-31(35)28(21)24;1-2-6-18-17(5-1)15-24-19(18)9-10-20-21-11-12-22-23-7-3-13-32-29(23)35-30-27(8-4-14-33-30)34-31(35)28(22)26(21)16-25(20)24;1-2-6-20-17(5-1)13-18-14-19-15-26-21(25(19)16-24(18)20)9-10-22-23-7-3-11-32-29(23)35-30-27(8-4-12-33-30)34-31(35)28(22)26/h3*1-14H,15-16H2;1-12,14,16H,13,15H2. The number of pyridine rings is 12. The molecule has 8 aliphatic rings. The Labute approximate surface area is 796 Å². The average molecular weight is 1790 g/mol. The second kappa shape index (κ2) is 27.7. The summed E-state index contributed by atoms with van der Waals surface area (Å²) in [6, 6.07) is 105. The lowest BCUT2D eigenvalue weighted by Crippen LogP contribution is -1.97. The van der Waals surface area contributed by atoms with Gasteiger partial charge in [0.15, 0.2) is 22.6 Å². The summed E-state index contributed by atoms with van der Waals surface area (Å²) in [6.07, 6.45) is 22.5. The minimum Gasteiger partial charge on any atom is -0.260 e. The second-order valence-electron chi connectivity index (χ2n) is 38.6. The van der Waals surface area contributed by atoms with E-state index in [9.17, 15) is 0 Å². The van der Waals surface area contributed by atoms with Gasteiger partial charge in [-0.1, -0.05) is 188 Å². The van der Waals surface area contributed by atoms with Gasteiger partial charge in [-0.15, -0.1) is 0 Å². The number of aromatic nitrogens is 16. The molecule has 0 N–H and O–H groups in total. The van der Waals surface area contributed by atoms with Crippen LogP contribution in [0.5, 0.6) is 0 Å². The molecule has 16 heteroatoms. The molecule has 36 rings (SSSR count). The van der Waals surface area contributed by atoms with E-state index in [0.717, 1.165) is 163 Å². The van der Waals surface area contributed by atoms with E-state index < -0.39 is 0 Å². The van der Waals surface area contributed by atoms with Gasteiger partial charge in [0.1, 0.15) is 67.2 Å². The third-order valence-electron chi connectivity index (χ3n) is 31.8. The minimum atomic E-state index is 0.857. The maximum Gasteiger partial charge on any atom is 0.166 e. The fourth-order valence-corrected chi connectivity index (χ4v) is 26.1. The molecule has 0 saturated carbocycles. The van der Waals surface area contributed by atoms with Gasteiger partial charge >= 0.3 is 0 Å². The van der Waals surface area contributed by atoms with E-state index in [1.54, 1.807) is 0 Å². The number of hydrogen-bond acceptors (Lipinski definition) is 12. The third kappa shape index (κ3) is 10.1. The Morgan fingerprint density at radius 1 is 0.150 bits per heavy atom. The Morgan fingerprint density at radius 2 is 0.421 bits per heavy atom. The second-order valence-corrected chi connectivity index (χ2v) is 38.6. The van der Waals surface area contributed by atoms with Crippen molar-refractivity contribution in [2.24, 2.45) is 0 Å². The molecule has 8 aliphatic carbocycles. The van der Waals surface area contributed by atoms with Crippen LogP contribution < -0.4 is 0 Å². The van der Waals surface area contributed by atoms with E-state index in [0.29, 0.717) is 0 Å². The summed E-state index contributed by atoms with van der Waals surface area (Å²) in [5.74, 6) is 0. The van der Waals surface area contributed by atoms with Gasteiger partial charge in [0.2, 0.25) is 0 Å². The van der Waals surface area contributed by atoms with E-state index in [1.165, 1.54) is 221 Å². The van der Waals surface area contributed by atoms with Crippen molar-refractivity contribution in [3.8, 4) is 89.0 Å². The van der Waals surface area contributed by atoms with Gasteiger partial charge in [0.25, 0.3) is 0 Å². The fourth-order valence-electron chi connectivity index (χ4n) is 26.1. The molecular weight excluding hydrogens is 1710 g/mol. The van der Waals surface area contributed by atoms with Gasteiger partial charge in [0.05, 0.1) is 0 Å². The van der Waals surface area contributed by atoms with Crippen molar-refractivity contribution in [3.05, 3.63) is 430 Å². The third-order valence-corrected chi connectivity index (χ3v) is 31.8. The number of rotatable bonds is 0. The lowest BCUT2D eigenvalue weighted by Gasteiger charge is -2.13. The molecule has 0 atom stereocenters. The van der Waals surface area contributed by atoms with Gasteiger partial charge in [-0.2, -0.15) is 0 Å². The van der Waals surface area contributed by atoms with Crippen molar-refractivity contribution in [1.82, 2.24) is 77.4 Å². The summed E-state index contributed by atoms with van der Waals surface area (Å²) < 4.78 is 8.59. The van der Waals surface area contributed by atoms with Crippen LogP contribution >= 0.6 is 0 Å². The molecule has 648 valence electrons. The van der Waals surface area contributed by atoms with Gasteiger partial charge in [-0.3, -0.25) is 17.6 Å². The maximum atomic E-state index is 5.10. The molecule has 0 fully saturated rings. The van der Waals surface area contributed by atoms with Crippen LogP contribution in [0.2, 0.25) is 0 Å². The first-order chi connectivity index (χ1) is 69.4. The highest BCUT2D eigenvalue weighted by molar-refractivity contribution is 6.21. The highest BCUT2D eigenvalue weighted by Crippen LogP contribution is 2.57. The lowest BCUT2D eigenvalue weighted by molar-refractivity contribution is 1.16. The molecular formula is C124H72N16. The van der Waals surface area contributed by atoms with E-state index in [1.807, 2.05) is 122 Å². The van der Waals surface area contributed by atoms with Gasteiger partial charge < -0.3 is 0 Å². The highest BCUT2D eigenvalue weighted by Gasteiger charge is 2.38. The molecule has 140 heavy (non-hydrogen) atoms. The largest absolute Gasteiger partial charge is 0.260 e. The minimum absolute atomic E-state index is 0.857. The van der Waals surface area contributed by atoms with Gasteiger partial charge in [-0.25, -0.2) is 59.8 Å². The Kier molecular flexibility index (Phi) is 14.9. The van der Waals surface area contributed by atoms with Crippen LogP contribution in [0.3, 0.4) is 0 Å². The van der Waals surface area contributed by atoms with Gasteiger partial charge in [-0.05, 0) is 354 Å². The first-order valence-electron chi connectivity index (χ1n) is 48.2. The molecule has 0 radical (unpaired) electrons. The Hall–Kier alpha value is -18.3. The summed E-state index contributed by atoms with van der Waals surface area (Å²) in [6.45, 7) is 0. The predicted octanol–water partition coefficient (Wildman–Crippen LogP) is 26.9. The molecule has 0 aliphatic heterocycles. The normalized spacial score (nSPS) is 13.5. The van der Waals surface area contributed by atoms with Crippen molar-refractivity contribution >= 4 is 154 Å².